The van der Waals surface area contributed by atoms with Crippen LogP contribution in [0, 0.1) is 5.82 Å². The SMILES string of the molecule is C[C@H]1Oc2cc(cnc2N)C2=C(CN(C)C(=O)c3ccc(F)cc31)NNN2C1CC1. The van der Waals surface area contributed by atoms with Crippen LogP contribution in [0.4, 0.5) is 10.2 Å². The van der Waals surface area contributed by atoms with E-state index in [1.54, 1.807) is 25.1 Å². The molecular formula is C21H23FN6O2. The molecule has 1 fully saturated rings. The molecule has 156 valence electrons. The molecule has 0 unspecified atom stereocenters. The Morgan fingerprint density at radius 2 is 2.10 bits per heavy atom. The summed E-state index contributed by atoms with van der Waals surface area (Å²) in [7, 11) is 1.73. The number of nitrogens with two attached hydrogens (primary N) is 1. The van der Waals surface area contributed by atoms with Crippen LogP contribution in [-0.4, -0.2) is 40.4 Å². The Bertz CT molecular complexity index is 1070. The standard InChI is InChI=1S/C21H23FN6O2/c1-11-16-8-13(22)3-6-15(16)21(29)27(2)10-17-19(28(26-25-17)14-4-5-14)12-7-18(30-11)20(23)24-9-12/h3,6-9,11,14,25-26H,4-5,10H2,1-2H3,(H2,23,24)/t11-/m1/s1. The third-order valence-electron chi connectivity index (χ3n) is 5.65. The van der Waals surface area contributed by atoms with E-state index in [1.807, 2.05) is 6.07 Å². The Balaban J connectivity index is 1.67. The first-order valence-corrected chi connectivity index (χ1v) is 9.94. The van der Waals surface area contributed by atoms with Crippen LogP contribution < -0.4 is 21.4 Å². The minimum atomic E-state index is -0.598. The number of carbonyl (C=O) groups is 1. The van der Waals surface area contributed by atoms with Gasteiger partial charge >= 0.3 is 0 Å². The van der Waals surface area contributed by atoms with Gasteiger partial charge < -0.3 is 20.8 Å². The number of nitrogen functional groups attached to an aromatic ring is 1. The summed E-state index contributed by atoms with van der Waals surface area (Å²) in [5.41, 5.74) is 15.9. The summed E-state index contributed by atoms with van der Waals surface area (Å²) in [4.78, 5) is 19.2. The summed E-state index contributed by atoms with van der Waals surface area (Å²) in [6.45, 7) is 2.11. The average molecular weight is 410 g/mol. The summed E-state index contributed by atoms with van der Waals surface area (Å²) in [6, 6.07) is 6.34. The highest BCUT2D eigenvalue weighted by molar-refractivity contribution is 5.96. The van der Waals surface area contributed by atoms with Gasteiger partial charge in [-0.3, -0.25) is 9.80 Å². The van der Waals surface area contributed by atoms with Crippen molar-refractivity contribution in [2.45, 2.75) is 31.9 Å². The molecule has 1 aromatic carbocycles. The van der Waals surface area contributed by atoms with E-state index in [4.69, 9.17) is 10.5 Å². The molecule has 1 amide bonds. The highest BCUT2D eigenvalue weighted by atomic mass is 19.1. The van der Waals surface area contributed by atoms with Gasteiger partial charge in [-0.15, -0.1) is 5.53 Å². The van der Waals surface area contributed by atoms with Gasteiger partial charge in [-0.05, 0) is 44.0 Å². The van der Waals surface area contributed by atoms with Gasteiger partial charge in [0.25, 0.3) is 5.91 Å². The number of hydrogen-bond donors (Lipinski definition) is 3. The summed E-state index contributed by atoms with van der Waals surface area (Å²) in [5, 5.41) is 2.07. The largest absolute Gasteiger partial charge is 0.482 e. The fourth-order valence-corrected chi connectivity index (χ4v) is 3.93. The molecular weight excluding hydrogens is 387 g/mol. The number of hydrogen-bond acceptors (Lipinski definition) is 7. The fourth-order valence-electron chi connectivity index (χ4n) is 3.93. The van der Waals surface area contributed by atoms with Gasteiger partial charge in [0, 0.05) is 36.0 Å². The van der Waals surface area contributed by atoms with Crippen molar-refractivity contribution in [1.29, 1.82) is 0 Å². The van der Waals surface area contributed by atoms with Crippen LogP contribution in [0.5, 0.6) is 5.75 Å². The molecule has 2 aliphatic heterocycles. The fraction of sp³-hybridized carbons (Fsp3) is 0.333. The topological polar surface area (TPSA) is 95.8 Å². The lowest BCUT2D eigenvalue weighted by Crippen LogP contribution is -2.40. The minimum Gasteiger partial charge on any atom is -0.482 e. The maximum atomic E-state index is 14.0. The number of carbonyl (C=O) groups excluding carboxylic acids is 1. The summed E-state index contributed by atoms with van der Waals surface area (Å²) >= 11 is 0. The molecule has 1 aromatic heterocycles. The Kier molecular flexibility index (Phi) is 4.28. The summed E-state index contributed by atoms with van der Waals surface area (Å²) < 4.78 is 20.1. The van der Waals surface area contributed by atoms with Crippen molar-refractivity contribution >= 4 is 17.4 Å². The highest BCUT2D eigenvalue weighted by Crippen LogP contribution is 2.38. The normalized spacial score (nSPS) is 21.3. The van der Waals surface area contributed by atoms with Crippen LogP contribution in [-0.2, 0) is 0 Å². The van der Waals surface area contributed by atoms with E-state index in [-0.39, 0.29) is 11.7 Å². The van der Waals surface area contributed by atoms with Gasteiger partial charge in [0.15, 0.2) is 11.6 Å². The first kappa shape index (κ1) is 18.7. The Morgan fingerprint density at radius 3 is 2.87 bits per heavy atom. The van der Waals surface area contributed by atoms with Crippen molar-refractivity contribution in [2.24, 2.45) is 0 Å². The third-order valence-corrected chi connectivity index (χ3v) is 5.65. The lowest BCUT2D eigenvalue weighted by molar-refractivity contribution is 0.0799. The van der Waals surface area contributed by atoms with Crippen LogP contribution in [0.1, 0.15) is 47.4 Å². The van der Waals surface area contributed by atoms with Gasteiger partial charge in [-0.2, -0.15) is 0 Å². The molecule has 1 atom stereocenters. The van der Waals surface area contributed by atoms with E-state index in [2.05, 4.69) is 21.0 Å². The molecule has 0 radical (unpaired) electrons. The molecule has 5 rings (SSSR count). The zero-order chi connectivity index (χ0) is 21.0. The molecule has 3 aliphatic rings. The molecule has 2 aromatic rings. The molecule has 8 nitrogen and oxygen atoms in total. The number of halogens is 1. The molecule has 30 heavy (non-hydrogen) atoms. The van der Waals surface area contributed by atoms with E-state index < -0.39 is 11.9 Å². The zero-order valence-electron chi connectivity index (χ0n) is 16.8. The third kappa shape index (κ3) is 3.11. The maximum absolute atomic E-state index is 14.0. The summed E-state index contributed by atoms with van der Waals surface area (Å²) in [6.07, 6.45) is 3.27. The van der Waals surface area contributed by atoms with Gasteiger partial charge in [0.05, 0.1) is 17.9 Å². The first-order valence-electron chi connectivity index (χ1n) is 9.94. The smallest absolute Gasteiger partial charge is 0.254 e. The maximum Gasteiger partial charge on any atom is 0.254 e. The Labute approximate surface area is 173 Å². The van der Waals surface area contributed by atoms with E-state index in [0.29, 0.717) is 29.5 Å². The van der Waals surface area contributed by atoms with Gasteiger partial charge in [0.2, 0.25) is 0 Å². The van der Waals surface area contributed by atoms with Gasteiger partial charge in [-0.25, -0.2) is 9.37 Å². The van der Waals surface area contributed by atoms with E-state index in [1.165, 1.54) is 18.2 Å². The summed E-state index contributed by atoms with van der Waals surface area (Å²) in [5.74, 6) is -0.0122. The molecule has 0 saturated heterocycles. The lowest BCUT2D eigenvalue weighted by Gasteiger charge is -2.25. The molecule has 1 saturated carbocycles. The second-order valence-corrected chi connectivity index (χ2v) is 7.93. The van der Waals surface area contributed by atoms with Crippen LogP contribution in [0.3, 0.4) is 0 Å². The van der Waals surface area contributed by atoms with E-state index >= 15 is 0 Å². The number of pyridine rings is 1. The minimum absolute atomic E-state index is 0.214. The van der Waals surface area contributed by atoms with Crippen molar-refractivity contribution in [3.05, 3.63) is 58.7 Å². The van der Waals surface area contributed by atoms with E-state index in [9.17, 15) is 9.18 Å². The van der Waals surface area contributed by atoms with Crippen molar-refractivity contribution in [3.63, 3.8) is 0 Å². The van der Waals surface area contributed by atoms with Gasteiger partial charge in [-0.1, -0.05) is 0 Å². The van der Waals surface area contributed by atoms with E-state index in [0.717, 1.165) is 29.8 Å². The second-order valence-electron chi connectivity index (χ2n) is 7.93. The Morgan fingerprint density at radius 1 is 1.30 bits per heavy atom. The number of amides is 1. The second kappa shape index (κ2) is 6.88. The quantitative estimate of drug-likeness (QED) is 0.663. The van der Waals surface area contributed by atoms with Crippen molar-refractivity contribution in [1.82, 2.24) is 25.9 Å². The average Bonchev–Trinajstić information content (AvgIpc) is 3.49. The van der Waals surface area contributed by atoms with Crippen LogP contribution in [0.25, 0.3) is 5.70 Å². The zero-order valence-corrected chi connectivity index (χ0v) is 16.8. The number of rotatable bonds is 1. The molecule has 9 heteroatoms. The number of ether oxygens (including phenoxy) is 1. The predicted molar refractivity (Wildman–Crippen MR) is 109 cm³/mol. The van der Waals surface area contributed by atoms with Crippen molar-refractivity contribution in [3.8, 4) is 5.75 Å². The van der Waals surface area contributed by atoms with Crippen molar-refractivity contribution in [2.75, 3.05) is 19.3 Å². The number of benzene rings is 1. The molecule has 1 aliphatic carbocycles. The number of aromatic nitrogens is 1. The molecule has 3 heterocycles. The molecule has 4 N–H and O–H groups in total. The number of anilines is 1. The molecule has 2 bridgehead atoms. The highest BCUT2D eigenvalue weighted by Gasteiger charge is 2.37. The van der Waals surface area contributed by atoms with Crippen molar-refractivity contribution < 1.29 is 13.9 Å². The number of hydrazine groups is 2. The lowest BCUT2D eigenvalue weighted by atomic mass is 10.0. The number of fused-ring (bicyclic) bond motifs is 4. The van der Waals surface area contributed by atoms with Crippen LogP contribution in [0.2, 0.25) is 0 Å². The monoisotopic (exact) mass is 410 g/mol. The number of nitrogens with zero attached hydrogens (tertiary/aromatic N) is 3. The Hall–Kier alpha value is -3.33. The number of nitrogens with one attached hydrogen (secondary N) is 2. The molecule has 0 spiro atoms. The van der Waals surface area contributed by atoms with Gasteiger partial charge in [0.1, 0.15) is 11.9 Å². The van der Waals surface area contributed by atoms with Crippen LogP contribution in [0.15, 0.2) is 36.2 Å². The number of likely N-dealkylation sites (N-methyl/N-ethyl adjacent to an activating group) is 1. The van der Waals surface area contributed by atoms with Crippen LogP contribution >= 0.6 is 0 Å². The predicted octanol–water partition coefficient (Wildman–Crippen LogP) is 2.18. The first-order chi connectivity index (χ1) is 14.4.